The number of H-pyrrole nitrogens is 1. The van der Waals surface area contributed by atoms with Gasteiger partial charge in [-0.2, -0.15) is 5.21 Å². The van der Waals surface area contributed by atoms with E-state index in [0.29, 0.717) is 24.4 Å². The number of carbonyl (C=O) groups excluding carboxylic acids is 1. The molecule has 1 amide bonds. The van der Waals surface area contributed by atoms with Gasteiger partial charge in [0.25, 0.3) is 0 Å². The molecule has 0 aliphatic heterocycles. The number of rotatable bonds is 4. The molecule has 1 heterocycles. The molecule has 7 heteroatoms. The summed E-state index contributed by atoms with van der Waals surface area (Å²) in [6.07, 6.45) is 3.50. The number of amides is 1. The summed E-state index contributed by atoms with van der Waals surface area (Å²) in [6, 6.07) is 7.22. The highest BCUT2D eigenvalue weighted by Crippen LogP contribution is 2.32. The van der Waals surface area contributed by atoms with E-state index in [1.165, 1.54) is 0 Å². The molecule has 0 radical (unpaired) electrons. The van der Waals surface area contributed by atoms with Crippen molar-refractivity contribution in [2.45, 2.75) is 37.7 Å². The number of aromatic nitrogens is 4. The van der Waals surface area contributed by atoms with E-state index in [9.17, 15) is 9.90 Å². The summed E-state index contributed by atoms with van der Waals surface area (Å²) in [5.74, 6) is 0.296. The highest BCUT2D eigenvalue weighted by Gasteiger charge is 2.33. The van der Waals surface area contributed by atoms with Crippen LogP contribution in [0.1, 0.15) is 32.1 Å². The summed E-state index contributed by atoms with van der Waals surface area (Å²) < 4.78 is 0. The average molecular weight is 287 g/mol. The fourth-order valence-electron chi connectivity index (χ4n) is 2.73. The number of anilines is 1. The lowest BCUT2D eigenvalue weighted by atomic mass is 9.97. The fraction of sp³-hybridized carbons (Fsp3) is 0.429. The van der Waals surface area contributed by atoms with Crippen LogP contribution in [0.4, 0.5) is 5.69 Å². The molecule has 21 heavy (non-hydrogen) atoms. The van der Waals surface area contributed by atoms with Gasteiger partial charge in [-0.05, 0) is 30.2 Å². The zero-order valence-electron chi connectivity index (χ0n) is 11.5. The molecular formula is C14H17N5O2. The first-order valence-corrected chi connectivity index (χ1v) is 7.01. The normalized spacial score (nSPS) is 16.8. The minimum Gasteiger partial charge on any atom is -0.389 e. The van der Waals surface area contributed by atoms with Gasteiger partial charge in [-0.3, -0.25) is 4.79 Å². The standard InChI is InChI=1S/C14H17N5O2/c20-12(9-14(21)6-1-2-7-14)15-11-5-3-4-10(8-11)13-16-18-19-17-13/h3-5,8,21H,1-2,6-7,9H2,(H,15,20)(H,16,17,18,19). The minimum atomic E-state index is -0.838. The predicted molar refractivity (Wildman–Crippen MR) is 76.3 cm³/mol. The van der Waals surface area contributed by atoms with Crippen LogP contribution >= 0.6 is 0 Å². The van der Waals surface area contributed by atoms with Crippen molar-refractivity contribution in [1.29, 1.82) is 0 Å². The summed E-state index contributed by atoms with van der Waals surface area (Å²) in [6.45, 7) is 0. The van der Waals surface area contributed by atoms with Gasteiger partial charge in [0.1, 0.15) is 0 Å². The summed E-state index contributed by atoms with van der Waals surface area (Å²) in [7, 11) is 0. The molecule has 0 bridgehead atoms. The fourth-order valence-corrected chi connectivity index (χ4v) is 2.73. The zero-order valence-corrected chi connectivity index (χ0v) is 11.5. The van der Waals surface area contributed by atoms with Crippen molar-refractivity contribution in [3.05, 3.63) is 24.3 Å². The molecule has 3 N–H and O–H groups in total. The maximum absolute atomic E-state index is 12.1. The van der Waals surface area contributed by atoms with Crippen LogP contribution in [0, 0.1) is 0 Å². The van der Waals surface area contributed by atoms with E-state index in [-0.39, 0.29) is 12.3 Å². The lowest BCUT2D eigenvalue weighted by Crippen LogP contribution is -2.30. The molecule has 110 valence electrons. The van der Waals surface area contributed by atoms with Crippen LogP contribution in [-0.4, -0.2) is 37.2 Å². The lowest BCUT2D eigenvalue weighted by Gasteiger charge is -2.21. The molecule has 0 unspecified atom stereocenters. The van der Waals surface area contributed by atoms with E-state index in [4.69, 9.17) is 0 Å². The molecule has 0 spiro atoms. The molecule has 1 saturated carbocycles. The number of aromatic amines is 1. The second kappa shape index (κ2) is 5.61. The van der Waals surface area contributed by atoms with Gasteiger partial charge in [-0.1, -0.05) is 25.0 Å². The van der Waals surface area contributed by atoms with Gasteiger partial charge < -0.3 is 10.4 Å². The largest absolute Gasteiger partial charge is 0.389 e. The first kappa shape index (κ1) is 13.7. The van der Waals surface area contributed by atoms with Crippen LogP contribution in [0.15, 0.2) is 24.3 Å². The van der Waals surface area contributed by atoms with E-state index in [1.807, 2.05) is 12.1 Å². The van der Waals surface area contributed by atoms with Crippen molar-refractivity contribution in [3.63, 3.8) is 0 Å². The summed E-state index contributed by atoms with van der Waals surface area (Å²) >= 11 is 0. The van der Waals surface area contributed by atoms with Gasteiger partial charge in [0.05, 0.1) is 12.0 Å². The molecular weight excluding hydrogens is 270 g/mol. The van der Waals surface area contributed by atoms with Gasteiger partial charge in [0.15, 0.2) is 0 Å². The first-order valence-electron chi connectivity index (χ1n) is 7.01. The molecule has 1 aromatic carbocycles. The number of hydrogen-bond donors (Lipinski definition) is 3. The second-order valence-corrected chi connectivity index (χ2v) is 5.47. The second-order valence-electron chi connectivity index (χ2n) is 5.47. The average Bonchev–Trinajstić information content (AvgIpc) is 3.10. The predicted octanol–water partition coefficient (Wildman–Crippen LogP) is 1.50. The van der Waals surface area contributed by atoms with Gasteiger partial charge in [0, 0.05) is 11.3 Å². The van der Waals surface area contributed by atoms with Crippen LogP contribution in [0.3, 0.4) is 0 Å². The van der Waals surface area contributed by atoms with Crippen molar-refractivity contribution >= 4 is 11.6 Å². The van der Waals surface area contributed by atoms with E-state index in [1.54, 1.807) is 12.1 Å². The number of tetrazole rings is 1. The smallest absolute Gasteiger partial charge is 0.227 e. The number of benzene rings is 1. The monoisotopic (exact) mass is 287 g/mol. The Balaban J connectivity index is 1.67. The van der Waals surface area contributed by atoms with Crippen LogP contribution in [0.5, 0.6) is 0 Å². The quantitative estimate of drug-likeness (QED) is 0.790. The molecule has 3 rings (SSSR count). The molecule has 0 saturated heterocycles. The highest BCUT2D eigenvalue weighted by atomic mass is 16.3. The summed E-state index contributed by atoms with van der Waals surface area (Å²) in [4.78, 5) is 12.1. The molecule has 7 nitrogen and oxygen atoms in total. The van der Waals surface area contributed by atoms with Crippen molar-refractivity contribution < 1.29 is 9.90 Å². The molecule has 1 aromatic heterocycles. The van der Waals surface area contributed by atoms with Crippen LogP contribution in [-0.2, 0) is 4.79 Å². The Morgan fingerprint density at radius 2 is 2.19 bits per heavy atom. The Morgan fingerprint density at radius 1 is 1.38 bits per heavy atom. The van der Waals surface area contributed by atoms with E-state index in [0.717, 1.165) is 18.4 Å². The molecule has 0 atom stereocenters. The van der Waals surface area contributed by atoms with E-state index < -0.39 is 5.60 Å². The maximum Gasteiger partial charge on any atom is 0.227 e. The van der Waals surface area contributed by atoms with Crippen LogP contribution in [0.2, 0.25) is 0 Å². The molecule has 1 aliphatic rings. The Kier molecular flexibility index (Phi) is 3.66. The van der Waals surface area contributed by atoms with Gasteiger partial charge in [0.2, 0.25) is 11.7 Å². The number of hydrogen-bond acceptors (Lipinski definition) is 5. The first-order chi connectivity index (χ1) is 10.1. The zero-order chi connectivity index (χ0) is 14.7. The van der Waals surface area contributed by atoms with Crippen LogP contribution in [0.25, 0.3) is 11.4 Å². The Morgan fingerprint density at radius 3 is 2.90 bits per heavy atom. The third-order valence-electron chi connectivity index (χ3n) is 3.77. The molecule has 1 fully saturated rings. The topological polar surface area (TPSA) is 104 Å². The van der Waals surface area contributed by atoms with Gasteiger partial charge >= 0.3 is 0 Å². The molecule has 2 aromatic rings. The maximum atomic E-state index is 12.1. The Labute approximate surface area is 121 Å². The number of carbonyl (C=O) groups is 1. The lowest BCUT2D eigenvalue weighted by molar-refractivity contribution is -0.120. The SMILES string of the molecule is O=C(CC1(O)CCCC1)Nc1cccc(-c2nn[nH]n2)c1. The highest BCUT2D eigenvalue weighted by molar-refractivity contribution is 5.92. The van der Waals surface area contributed by atoms with E-state index in [2.05, 4.69) is 25.9 Å². The van der Waals surface area contributed by atoms with Crippen molar-refractivity contribution in [2.24, 2.45) is 0 Å². The number of aliphatic hydroxyl groups is 1. The third kappa shape index (κ3) is 3.25. The number of nitrogens with one attached hydrogen (secondary N) is 2. The van der Waals surface area contributed by atoms with Crippen molar-refractivity contribution in [1.82, 2.24) is 20.6 Å². The Hall–Kier alpha value is -2.28. The Bertz CT molecular complexity index is 620. The minimum absolute atomic E-state index is 0.138. The van der Waals surface area contributed by atoms with Crippen molar-refractivity contribution in [2.75, 3.05) is 5.32 Å². The third-order valence-corrected chi connectivity index (χ3v) is 3.77. The van der Waals surface area contributed by atoms with E-state index >= 15 is 0 Å². The summed E-state index contributed by atoms with van der Waals surface area (Å²) in [5.41, 5.74) is 0.583. The van der Waals surface area contributed by atoms with Gasteiger partial charge in [-0.25, -0.2) is 0 Å². The van der Waals surface area contributed by atoms with Crippen molar-refractivity contribution in [3.8, 4) is 11.4 Å². The summed E-state index contributed by atoms with van der Waals surface area (Å²) in [5, 5.41) is 26.8. The molecule has 1 aliphatic carbocycles. The van der Waals surface area contributed by atoms with Gasteiger partial charge in [-0.15, -0.1) is 10.2 Å². The van der Waals surface area contributed by atoms with Crippen LogP contribution < -0.4 is 5.32 Å². The number of nitrogens with zero attached hydrogens (tertiary/aromatic N) is 3.